The molecule has 2 unspecified atom stereocenters. The van der Waals surface area contributed by atoms with Gasteiger partial charge in [-0.1, -0.05) is 18.2 Å². The number of carbonyl (C=O) groups excluding carboxylic acids is 2. The lowest BCUT2D eigenvalue weighted by Crippen LogP contribution is -2.36. The Kier molecular flexibility index (Phi) is 5.17. The van der Waals surface area contributed by atoms with Crippen LogP contribution in [0.4, 0.5) is 13.2 Å². The Bertz CT molecular complexity index is 982. The maximum atomic E-state index is 13.5. The first kappa shape index (κ1) is 21.3. The van der Waals surface area contributed by atoms with E-state index >= 15 is 0 Å². The molecule has 2 fully saturated rings. The number of aromatic nitrogens is 2. The number of carbonyl (C=O) groups is 2. The number of H-pyrrole nitrogens is 1. The summed E-state index contributed by atoms with van der Waals surface area (Å²) < 4.78 is 40.4. The van der Waals surface area contributed by atoms with Gasteiger partial charge in [-0.25, -0.2) is 0 Å². The van der Waals surface area contributed by atoms with Gasteiger partial charge in [-0.15, -0.1) is 0 Å². The summed E-state index contributed by atoms with van der Waals surface area (Å²) in [7, 11) is 0. The van der Waals surface area contributed by atoms with E-state index in [9.17, 15) is 22.8 Å². The molecule has 3 heterocycles. The third kappa shape index (κ3) is 3.65. The van der Waals surface area contributed by atoms with E-state index in [2.05, 4.69) is 10.2 Å². The van der Waals surface area contributed by atoms with E-state index < -0.39 is 17.7 Å². The van der Waals surface area contributed by atoms with Gasteiger partial charge in [0.2, 0.25) is 5.91 Å². The van der Waals surface area contributed by atoms with Crippen LogP contribution in [0.1, 0.15) is 47.9 Å². The molecule has 0 spiro atoms. The standard InChI is InChI=1S/C23H27F3N4O2/c1-13(31)29-7-6-18-20(12-29)27-28-21(18)22(32)30-10-15-8-14(9-16(15)11-30)17-4-2-3-5-19(17)23(24,25)26/h2-3,5,14-17H,4,6-12H2,1H3,(H,27,28)/t14?,15-,16+,17?. The molecule has 172 valence electrons. The minimum Gasteiger partial charge on any atom is -0.337 e. The average Bonchev–Trinajstić information content (AvgIpc) is 3.45. The topological polar surface area (TPSA) is 69.3 Å². The van der Waals surface area contributed by atoms with Crippen molar-refractivity contribution in [3.63, 3.8) is 0 Å². The number of likely N-dealkylation sites (tertiary alicyclic amines) is 1. The summed E-state index contributed by atoms with van der Waals surface area (Å²) in [5, 5.41) is 7.19. The number of halogens is 3. The molecule has 1 N–H and O–H groups in total. The van der Waals surface area contributed by atoms with E-state index in [1.54, 1.807) is 4.90 Å². The van der Waals surface area contributed by atoms with Gasteiger partial charge in [-0.3, -0.25) is 14.7 Å². The first-order valence-corrected chi connectivity index (χ1v) is 11.3. The van der Waals surface area contributed by atoms with Crippen LogP contribution in [0.15, 0.2) is 23.8 Å². The van der Waals surface area contributed by atoms with Crippen molar-refractivity contribution in [1.82, 2.24) is 20.0 Å². The Labute approximate surface area is 184 Å². The van der Waals surface area contributed by atoms with Gasteiger partial charge in [0, 0.05) is 37.7 Å². The van der Waals surface area contributed by atoms with E-state index in [0.29, 0.717) is 44.7 Å². The van der Waals surface area contributed by atoms with Crippen molar-refractivity contribution >= 4 is 11.8 Å². The molecular weight excluding hydrogens is 421 g/mol. The van der Waals surface area contributed by atoms with Gasteiger partial charge in [0.1, 0.15) is 0 Å². The fourth-order valence-corrected chi connectivity index (χ4v) is 6.15. The van der Waals surface area contributed by atoms with Crippen LogP contribution in [0.2, 0.25) is 0 Å². The molecule has 4 aliphatic rings. The maximum absolute atomic E-state index is 13.5. The number of fused-ring (bicyclic) bond motifs is 2. The molecule has 1 aromatic rings. The molecule has 0 aromatic carbocycles. The van der Waals surface area contributed by atoms with E-state index in [4.69, 9.17) is 0 Å². The van der Waals surface area contributed by atoms with Crippen LogP contribution in [0.25, 0.3) is 0 Å². The SMILES string of the molecule is CC(=O)N1CCc2c(C(=O)N3C[C@H]4CC(C5CC=CC=C5C(F)(F)F)C[C@H]4C3)n[nH]c2C1. The minimum atomic E-state index is -4.29. The smallest absolute Gasteiger partial charge is 0.337 e. The monoisotopic (exact) mass is 448 g/mol. The van der Waals surface area contributed by atoms with Crippen molar-refractivity contribution in [2.24, 2.45) is 23.7 Å². The molecule has 6 nitrogen and oxygen atoms in total. The number of alkyl halides is 3. The fraction of sp³-hybridized carbons (Fsp3) is 0.609. The molecule has 2 amide bonds. The number of nitrogens with zero attached hydrogens (tertiary/aromatic N) is 3. The zero-order chi connectivity index (χ0) is 22.6. The van der Waals surface area contributed by atoms with Crippen molar-refractivity contribution in [2.45, 2.75) is 45.3 Å². The van der Waals surface area contributed by atoms with Crippen molar-refractivity contribution in [3.05, 3.63) is 40.8 Å². The Morgan fingerprint density at radius 1 is 1.12 bits per heavy atom. The Morgan fingerprint density at radius 3 is 2.50 bits per heavy atom. The Morgan fingerprint density at radius 2 is 1.84 bits per heavy atom. The summed E-state index contributed by atoms with van der Waals surface area (Å²) in [6, 6.07) is 0. The molecule has 5 rings (SSSR count). The van der Waals surface area contributed by atoms with Crippen molar-refractivity contribution in [1.29, 1.82) is 0 Å². The average molecular weight is 448 g/mol. The van der Waals surface area contributed by atoms with Crippen molar-refractivity contribution < 1.29 is 22.8 Å². The summed E-state index contributed by atoms with van der Waals surface area (Å²) >= 11 is 0. The predicted molar refractivity (Wildman–Crippen MR) is 110 cm³/mol. The third-order valence-electron chi connectivity index (χ3n) is 7.75. The summed E-state index contributed by atoms with van der Waals surface area (Å²) in [4.78, 5) is 28.4. The van der Waals surface area contributed by atoms with Gasteiger partial charge in [-0.2, -0.15) is 18.3 Å². The molecule has 2 aliphatic heterocycles. The second-order valence-corrected chi connectivity index (χ2v) is 9.57. The number of nitrogens with one attached hydrogen (secondary N) is 1. The van der Waals surface area contributed by atoms with Crippen LogP contribution < -0.4 is 0 Å². The van der Waals surface area contributed by atoms with Crippen LogP contribution in [0.5, 0.6) is 0 Å². The van der Waals surface area contributed by atoms with E-state index in [-0.39, 0.29) is 29.6 Å². The summed E-state index contributed by atoms with van der Waals surface area (Å²) in [6.45, 7) is 3.69. The summed E-state index contributed by atoms with van der Waals surface area (Å²) in [5.74, 6) is -0.0917. The first-order chi connectivity index (χ1) is 15.2. The second-order valence-electron chi connectivity index (χ2n) is 9.57. The van der Waals surface area contributed by atoms with Gasteiger partial charge in [0.05, 0.1) is 12.2 Å². The lowest BCUT2D eigenvalue weighted by atomic mass is 9.79. The van der Waals surface area contributed by atoms with Crippen LogP contribution in [0, 0.1) is 23.7 Å². The fourth-order valence-electron chi connectivity index (χ4n) is 6.15. The van der Waals surface area contributed by atoms with Crippen LogP contribution in [-0.4, -0.2) is 57.6 Å². The molecule has 1 saturated carbocycles. The quantitative estimate of drug-likeness (QED) is 0.753. The molecule has 9 heteroatoms. The molecule has 4 atom stereocenters. The van der Waals surface area contributed by atoms with Gasteiger partial charge in [0.15, 0.2) is 5.69 Å². The number of allylic oxidation sites excluding steroid dienone is 4. The van der Waals surface area contributed by atoms with Gasteiger partial charge in [0.25, 0.3) is 5.91 Å². The highest BCUT2D eigenvalue weighted by molar-refractivity contribution is 5.94. The number of amides is 2. The highest BCUT2D eigenvalue weighted by Crippen LogP contribution is 2.50. The highest BCUT2D eigenvalue weighted by atomic mass is 19.4. The molecule has 1 saturated heterocycles. The van der Waals surface area contributed by atoms with E-state index in [1.807, 2.05) is 11.0 Å². The first-order valence-electron chi connectivity index (χ1n) is 11.3. The molecule has 2 aliphatic carbocycles. The number of rotatable bonds is 2. The predicted octanol–water partition coefficient (Wildman–Crippen LogP) is 3.48. The van der Waals surface area contributed by atoms with E-state index in [1.165, 1.54) is 19.1 Å². The molecule has 0 bridgehead atoms. The van der Waals surface area contributed by atoms with Gasteiger partial charge < -0.3 is 9.80 Å². The number of aromatic amines is 1. The Hall–Kier alpha value is -2.58. The third-order valence-corrected chi connectivity index (χ3v) is 7.75. The van der Waals surface area contributed by atoms with Crippen LogP contribution in [0.3, 0.4) is 0 Å². The summed E-state index contributed by atoms with van der Waals surface area (Å²) in [5.41, 5.74) is 1.72. The van der Waals surface area contributed by atoms with Gasteiger partial charge >= 0.3 is 6.18 Å². The van der Waals surface area contributed by atoms with Crippen LogP contribution in [-0.2, 0) is 17.8 Å². The summed E-state index contributed by atoms with van der Waals surface area (Å²) in [6.07, 6.45) is 2.77. The van der Waals surface area contributed by atoms with E-state index in [0.717, 1.165) is 24.1 Å². The zero-order valence-electron chi connectivity index (χ0n) is 18.0. The highest BCUT2D eigenvalue weighted by Gasteiger charge is 2.49. The van der Waals surface area contributed by atoms with Crippen molar-refractivity contribution in [2.75, 3.05) is 19.6 Å². The Balaban J connectivity index is 1.24. The molecule has 1 aromatic heterocycles. The molecular formula is C23H27F3N4O2. The van der Waals surface area contributed by atoms with Crippen molar-refractivity contribution in [3.8, 4) is 0 Å². The normalized spacial score (nSPS) is 29.7. The second kappa shape index (κ2) is 7.78. The number of hydrogen-bond donors (Lipinski definition) is 1. The van der Waals surface area contributed by atoms with Gasteiger partial charge in [-0.05, 0) is 49.4 Å². The zero-order valence-corrected chi connectivity index (χ0v) is 18.0. The lowest BCUT2D eigenvalue weighted by molar-refractivity contribution is -0.129. The number of hydrogen-bond acceptors (Lipinski definition) is 3. The lowest BCUT2D eigenvalue weighted by Gasteiger charge is -2.30. The maximum Gasteiger partial charge on any atom is 0.412 e. The molecule has 32 heavy (non-hydrogen) atoms. The minimum absolute atomic E-state index is 0.00275. The molecule has 0 radical (unpaired) electrons. The largest absolute Gasteiger partial charge is 0.412 e. The van der Waals surface area contributed by atoms with Crippen LogP contribution >= 0.6 is 0 Å².